The Kier molecular flexibility index (Phi) is 15.3. The van der Waals surface area contributed by atoms with Gasteiger partial charge >= 0.3 is 17.8 Å². The number of halogens is 12. The van der Waals surface area contributed by atoms with Crippen LogP contribution in [0.3, 0.4) is 0 Å². The third-order valence-corrected chi connectivity index (χ3v) is 8.57. The second-order valence-corrected chi connectivity index (χ2v) is 11.5. The van der Waals surface area contributed by atoms with Crippen molar-refractivity contribution in [2.24, 2.45) is 0 Å². The van der Waals surface area contributed by atoms with Gasteiger partial charge in [-0.05, 0) is 64.2 Å². The lowest BCUT2D eigenvalue weighted by atomic mass is 10.0. The Labute approximate surface area is 243 Å². The first-order valence-corrected chi connectivity index (χ1v) is 14.4. The average Bonchev–Trinajstić information content (AvgIpc) is 3.78. The van der Waals surface area contributed by atoms with Crippen LogP contribution >= 0.6 is 0 Å². The molecule has 17 heteroatoms. The van der Waals surface area contributed by atoms with E-state index in [1.54, 1.807) is 0 Å². The minimum absolute atomic E-state index is 0. The highest BCUT2D eigenvalue weighted by molar-refractivity contribution is 4.97. The molecule has 0 amide bonds. The van der Waals surface area contributed by atoms with Crippen molar-refractivity contribution in [2.75, 3.05) is 45.9 Å². The summed E-state index contributed by atoms with van der Waals surface area (Å²) in [5, 5.41) is 0. The number of hydrogen-bond donors (Lipinski definition) is 0. The molecule has 0 aromatic carbocycles. The van der Waals surface area contributed by atoms with Gasteiger partial charge in [0.05, 0.1) is 0 Å². The van der Waals surface area contributed by atoms with E-state index in [9.17, 15) is 39.5 Å². The minimum Gasteiger partial charge on any atom is -0.372 e. The third kappa shape index (κ3) is 8.82. The van der Waals surface area contributed by atoms with Crippen molar-refractivity contribution in [1.29, 1.82) is 0 Å². The van der Waals surface area contributed by atoms with Gasteiger partial charge < -0.3 is 9.47 Å². The Hall–Kier alpha value is -1.04. The van der Waals surface area contributed by atoms with Crippen LogP contribution < -0.4 is 0 Å². The molecule has 258 valence electrons. The smallest absolute Gasteiger partial charge is 0.317 e. The molecule has 0 saturated carbocycles. The number of nitrogens with zero attached hydrogens (tertiary/aromatic N) is 3. The zero-order chi connectivity index (χ0) is 29.1. The van der Waals surface area contributed by atoms with Gasteiger partial charge in [0.25, 0.3) is 0 Å². The topological polar surface area (TPSA) is 28.2 Å². The fourth-order valence-electron chi connectivity index (χ4n) is 6.18. The van der Waals surface area contributed by atoms with Crippen molar-refractivity contribution in [1.82, 2.24) is 14.7 Å². The van der Waals surface area contributed by atoms with E-state index in [0.29, 0.717) is 51.8 Å². The van der Waals surface area contributed by atoms with Gasteiger partial charge in [-0.25, -0.2) is 13.2 Å². The van der Waals surface area contributed by atoms with Crippen LogP contribution in [-0.2, 0) is 9.47 Å². The summed E-state index contributed by atoms with van der Waals surface area (Å²) >= 11 is 0. The molecule has 0 N–H and O–H groups in total. The van der Waals surface area contributed by atoms with E-state index in [2.05, 4.69) is 0 Å². The molecule has 5 heterocycles. The third-order valence-electron chi connectivity index (χ3n) is 8.57. The fraction of sp³-hybridized carbons (Fsp3) is 1.00. The molecule has 5 nitrogen and oxygen atoms in total. The van der Waals surface area contributed by atoms with E-state index in [0.717, 1.165) is 22.6 Å². The molecule has 5 aliphatic heterocycles. The molecule has 5 aliphatic rings. The maximum Gasteiger partial charge on any atom is 0.317 e. The average molecular weight is 658 g/mol. The van der Waals surface area contributed by atoms with Crippen LogP contribution in [0, 0.1) is 0 Å². The number of likely N-dealkylation sites (tertiary alicyclic amines) is 3. The maximum absolute atomic E-state index is 14.3. The van der Waals surface area contributed by atoms with Crippen LogP contribution in [0.2, 0.25) is 0 Å². The van der Waals surface area contributed by atoms with Gasteiger partial charge in [-0.2, -0.15) is 26.3 Å². The molecular weight excluding hydrogens is 614 g/mol. The van der Waals surface area contributed by atoms with Crippen molar-refractivity contribution in [3.63, 3.8) is 0 Å². The van der Waals surface area contributed by atoms with Gasteiger partial charge in [-0.3, -0.25) is 28.8 Å². The molecule has 0 radical (unpaired) electrons. The fourth-order valence-corrected chi connectivity index (χ4v) is 6.18. The summed E-state index contributed by atoms with van der Waals surface area (Å²) in [5.74, 6) is -11.1. The summed E-state index contributed by atoms with van der Waals surface area (Å²) in [6.07, 6.45) is -8.26. The zero-order valence-electron chi connectivity index (χ0n) is 23.8. The zero-order valence-corrected chi connectivity index (χ0v) is 23.8. The SMILES string of the molecule is F.F.F.FC(N1CCCC1)C(F)(F)C1CCC(C(F)(F)C(F)N2CCCC2)O1.FC(N1CCCC1)C(F)(F)C1CCCO1. The highest BCUT2D eigenvalue weighted by Gasteiger charge is 2.60. The first-order chi connectivity index (χ1) is 18.9. The number of rotatable bonds is 9. The lowest BCUT2D eigenvalue weighted by molar-refractivity contribution is -0.244. The van der Waals surface area contributed by atoms with E-state index in [1.165, 1.54) is 4.90 Å². The van der Waals surface area contributed by atoms with Crippen LogP contribution in [0.4, 0.5) is 53.6 Å². The van der Waals surface area contributed by atoms with E-state index in [1.807, 2.05) is 0 Å². The summed E-state index contributed by atoms with van der Waals surface area (Å²) in [6, 6.07) is 0. The van der Waals surface area contributed by atoms with Crippen molar-refractivity contribution in [3.05, 3.63) is 0 Å². The van der Waals surface area contributed by atoms with E-state index in [4.69, 9.17) is 9.47 Å². The summed E-state index contributed by atoms with van der Waals surface area (Å²) in [7, 11) is 0. The van der Waals surface area contributed by atoms with E-state index >= 15 is 0 Å². The first-order valence-electron chi connectivity index (χ1n) is 14.4. The Morgan fingerprint density at radius 3 is 1.05 bits per heavy atom. The Morgan fingerprint density at radius 2 is 0.767 bits per heavy atom. The second-order valence-electron chi connectivity index (χ2n) is 11.5. The van der Waals surface area contributed by atoms with Gasteiger partial charge in [0.15, 0.2) is 0 Å². The van der Waals surface area contributed by atoms with Crippen molar-refractivity contribution >= 4 is 0 Å². The normalized spacial score (nSPS) is 29.7. The quantitative estimate of drug-likeness (QED) is 0.217. The van der Waals surface area contributed by atoms with Gasteiger partial charge in [-0.15, -0.1) is 0 Å². The second kappa shape index (κ2) is 16.5. The number of alkyl halides is 9. The van der Waals surface area contributed by atoms with Crippen LogP contribution in [-0.4, -0.2) is 116 Å². The molecule has 0 bridgehead atoms. The summed E-state index contributed by atoms with van der Waals surface area (Å²) in [4.78, 5) is 3.25. The molecule has 0 aromatic rings. The molecule has 6 atom stereocenters. The van der Waals surface area contributed by atoms with E-state index in [-0.39, 0.29) is 46.7 Å². The lowest BCUT2D eigenvalue weighted by Crippen LogP contribution is -2.53. The van der Waals surface area contributed by atoms with Gasteiger partial charge in [0.1, 0.15) is 18.3 Å². The lowest BCUT2D eigenvalue weighted by Gasteiger charge is -2.34. The van der Waals surface area contributed by atoms with Gasteiger partial charge in [0, 0.05) is 45.9 Å². The summed E-state index contributed by atoms with van der Waals surface area (Å²) in [6.45, 7) is 2.05. The highest BCUT2D eigenvalue weighted by atomic mass is 19.3. The van der Waals surface area contributed by atoms with Crippen molar-refractivity contribution in [3.8, 4) is 0 Å². The summed E-state index contributed by atoms with van der Waals surface area (Å²) < 4.78 is 136. The number of hydrogen-bond acceptors (Lipinski definition) is 5. The molecule has 0 aromatic heterocycles. The molecular formula is C26H43F12N3O2. The van der Waals surface area contributed by atoms with Crippen molar-refractivity contribution < 1.29 is 63.1 Å². The Balaban J connectivity index is 0.000000445. The highest BCUT2D eigenvalue weighted by Crippen LogP contribution is 2.44. The van der Waals surface area contributed by atoms with Crippen LogP contribution in [0.1, 0.15) is 64.2 Å². The molecule has 5 fully saturated rings. The molecule has 43 heavy (non-hydrogen) atoms. The molecule has 6 unspecified atom stereocenters. The summed E-state index contributed by atoms with van der Waals surface area (Å²) in [5.41, 5.74) is 0. The predicted molar refractivity (Wildman–Crippen MR) is 136 cm³/mol. The van der Waals surface area contributed by atoms with Crippen LogP contribution in [0.15, 0.2) is 0 Å². The minimum atomic E-state index is -3.89. The Morgan fingerprint density at radius 1 is 0.465 bits per heavy atom. The molecule has 5 saturated heterocycles. The molecule has 0 aliphatic carbocycles. The molecule has 5 rings (SSSR count). The first kappa shape index (κ1) is 40.0. The maximum atomic E-state index is 14.3. The van der Waals surface area contributed by atoms with E-state index < -0.39 is 67.8 Å². The van der Waals surface area contributed by atoms with Crippen LogP contribution in [0.5, 0.6) is 0 Å². The standard InChI is InChI=1S/C16H24F6N2O.C10H16F3NO.3FH/c17-13(23-7-1-2-8-23)15(19,20)11-5-6-12(25-11)16(21,22)14(18)24-9-3-4-10-24;11-9(14-5-1-2-6-14)10(12,13)8-4-3-7-15-8;;;/h11-14H,1-10H2;8-9H,1-7H2;3*1H. The van der Waals surface area contributed by atoms with Crippen molar-refractivity contribution in [2.45, 2.75) is 119 Å². The Bertz CT molecular complexity index is 753. The predicted octanol–water partition coefficient (Wildman–Crippen LogP) is 6.24. The monoisotopic (exact) mass is 657 g/mol. The van der Waals surface area contributed by atoms with Gasteiger partial charge in [-0.1, -0.05) is 0 Å². The van der Waals surface area contributed by atoms with Gasteiger partial charge in [0.2, 0.25) is 18.9 Å². The van der Waals surface area contributed by atoms with Crippen LogP contribution in [0.25, 0.3) is 0 Å². The molecule has 0 spiro atoms. The largest absolute Gasteiger partial charge is 0.372 e. The number of ether oxygens (including phenoxy) is 2.